The highest BCUT2D eigenvalue weighted by Gasteiger charge is 2.31. The number of aryl methyl sites for hydroxylation is 2. The highest BCUT2D eigenvalue weighted by atomic mass is 19.1. The van der Waals surface area contributed by atoms with Crippen LogP contribution in [0.1, 0.15) is 28.4 Å². The van der Waals surface area contributed by atoms with E-state index in [0.29, 0.717) is 17.0 Å². The van der Waals surface area contributed by atoms with Crippen molar-refractivity contribution in [2.75, 3.05) is 10.4 Å². The summed E-state index contributed by atoms with van der Waals surface area (Å²) in [5.74, 6) is -2.61. The maximum absolute atomic E-state index is 14.4. The number of rotatable bonds is 5. The van der Waals surface area contributed by atoms with Gasteiger partial charge < -0.3 is 10.2 Å². The van der Waals surface area contributed by atoms with Gasteiger partial charge in [0.2, 0.25) is 0 Å². The van der Waals surface area contributed by atoms with Crippen LogP contribution in [0, 0.1) is 5.82 Å². The first kappa shape index (κ1) is 21.3. The monoisotopic (exact) mass is 458 g/mol. The molecular formula is C25H19FN4O4. The van der Waals surface area contributed by atoms with Crippen molar-refractivity contribution in [3.8, 4) is 16.9 Å². The van der Waals surface area contributed by atoms with Gasteiger partial charge >= 0.3 is 11.9 Å². The van der Waals surface area contributed by atoms with Crippen molar-refractivity contribution in [2.45, 2.75) is 19.8 Å². The molecule has 3 aromatic rings. The molecule has 0 saturated carbocycles. The first-order chi connectivity index (χ1) is 16.3. The average Bonchev–Trinajstić information content (AvgIpc) is 3.08. The molecule has 0 fully saturated rings. The summed E-state index contributed by atoms with van der Waals surface area (Å²) in [6, 6.07) is 13.6. The Labute approximate surface area is 193 Å². The number of aromatic carboxylic acids is 1. The second kappa shape index (κ2) is 8.11. The summed E-state index contributed by atoms with van der Waals surface area (Å²) in [6.45, 7) is 1.63. The molecule has 8 nitrogen and oxygen atoms in total. The maximum atomic E-state index is 14.4. The number of anilines is 2. The van der Waals surface area contributed by atoms with E-state index in [1.807, 2.05) is 18.2 Å². The van der Waals surface area contributed by atoms with Crippen molar-refractivity contribution in [1.82, 2.24) is 0 Å². The van der Waals surface area contributed by atoms with Crippen LogP contribution in [-0.4, -0.2) is 33.5 Å². The highest BCUT2D eigenvalue weighted by Crippen LogP contribution is 2.37. The molecule has 3 aromatic carbocycles. The van der Waals surface area contributed by atoms with Crippen molar-refractivity contribution >= 4 is 34.7 Å². The molecule has 0 unspecified atom stereocenters. The normalized spacial score (nSPS) is 15.7. The van der Waals surface area contributed by atoms with E-state index in [2.05, 4.69) is 15.6 Å². The zero-order valence-corrected chi connectivity index (χ0v) is 18.0. The molecule has 0 saturated heterocycles. The van der Waals surface area contributed by atoms with Gasteiger partial charge in [-0.25, -0.2) is 9.18 Å². The second-order valence-corrected chi connectivity index (χ2v) is 8.06. The minimum absolute atomic E-state index is 0.00440. The molecule has 0 spiro atoms. The van der Waals surface area contributed by atoms with Gasteiger partial charge in [0.1, 0.15) is 17.3 Å². The number of amides is 1. The van der Waals surface area contributed by atoms with Crippen molar-refractivity contribution in [3.05, 3.63) is 77.1 Å². The van der Waals surface area contributed by atoms with E-state index in [-0.39, 0.29) is 28.3 Å². The molecule has 2 aliphatic rings. The van der Waals surface area contributed by atoms with Crippen LogP contribution < -0.4 is 10.4 Å². The lowest BCUT2D eigenvalue weighted by molar-refractivity contribution is -0.112. The number of carboxylic acids is 1. The number of hydrogen-bond donors (Lipinski definition) is 3. The molecule has 0 radical (unpaired) electrons. The summed E-state index contributed by atoms with van der Waals surface area (Å²) in [7, 11) is 0. The zero-order valence-electron chi connectivity index (χ0n) is 18.0. The Balaban J connectivity index is 1.43. The Kier molecular flexibility index (Phi) is 5.09. The van der Waals surface area contributed by atoms with Crippen LogP contribution in [0.4, 0.5) is 15.8 Å². The van der Waals surface area contributed by atoms with Gasteiger partial charge in [0.05, 0.1) is 17.0 Å². The lowest BCUT2D eigenvalue weighted by Crippen LogP contribution is -2.28. The van der Waals surface area contributed by atoms with Gasteiger partial charge in [-0.1, -0.05) is 18.2 Å². The van der Waals surface area contributed by atoms with Crippen LogP contribution in [0.5, 0.6) is 5.75 Å². The van der Waals surface area contributed by atoms with E-state index < -0.39 is 17.7 Å². The number of aromatic hydroxyl groups is 1. The number of carbonyl (C=O) groups is 2. The standard InChI is InChI=1S/C25H19FN4O4/c1-13-22(24(32)30(29-13)19-8-7-14-5-6-15(14)10-19)28-27-21-12-18(26)11-20(23(21)31)16-3-2-4-17(9-16)25(33)34/h2-4,7-12,27,31H,5-6H2,1H3,(H,33,34)/b28-22-. The Hall–Kier alpha value is -4.53. The number of hydrogen-bond acceptors (Lipinski definition) is 6. The van der Waals surface area contributed by atoms with E-state index in [0.717, 1.165) is 25.0 Å². The quantitative estimate of drug-likeness (QED) is 0.392. The predicted octanol–water partition coefficient (Wildman–Crippen LogP) is 4.19. The molecule has 170 valence electrons. The smallest absolute Gasteiger partial charge is 0.335 e. The number of fused-ring (bicyclic) bond motifs is 1. The lowest BCUT2D eigenvalue weighted by Gasteiger charge is -2.21. The van der Waals surface area contributed by atoms with E-state index in [9.17, 15) is 24.2 Å². The number of nitrogens with one attached hydrogen (secondary N) is 1. The van der Waals surface area contributed by atoms with Crippen LogP contribution in [0.3, 0.4) is 0 Å². The van der Waals surface area contributed by atoms with Gasteiger partial charge in [0.15, 0.2) is 5.71 Å². The number of phenolic OH excluding ortho intramolecular Hbond substituents is 1. The molecule has 34 heavy (non-hydrogen) atoms. The molecule has 3 N–H and O–H groups in total. The van der Waals surface area contributed by atoms with Crippen molar-refractivity contribution in [2.24, 2.45) is 10.2 Å². The summed E-state index contributed by atoms with van der Waals surface area (Å²) < 4.78 is 14.4. The van der Waals surface area contributed by atoms with Gasteiger partial charge in [-0.15, -0.1) is 0 Å². The number of phenols is 1. The number of halogens is 1. The van der Waals surface area contributed by atoms with E-state index in [1.54, 1.807) is 13.0 Å². The highest BCUT2D eigenvalue weighted by molar-refractivity contribution is 6.71. The number of carbonyl (C=O) groups excluding carboxylic acids is 1. The number of nitrogens with zero attached hydrogens (tertiary/aromatic N) is 3. The third-order valence-electron chi connectivity index (χ3n) is 5.87. The molecule has 0 bridgehead atoms. The van der Waals surface area contributed by atoms with Crippen LogP contribution in [0.2, 0.25) is 0 Å². The Morgan fingerprint density at radius 3 is 2.62 bits per heavy atom. The molecule has 9 heteroatoms. The minimum Gasteiger partial charge on any atom is -0.505 e. The predicted molar refractivity (Wildman–Crippen MR) is 126 cm³/mol. The molecule has 1 aliphatic carbocycles. The van der Waals surface area contributed by atoms with Crippen molar-refractivity contribution in [1.29, 1.82) is 0 Å². The van der Waals surface area contributed by atoms with Gasteiger partial charge in [-0.3, -0.25) is 10.2 Å². The van der Waals surface area contributed by atoms with Crippen LogP contribution in [-0.2, 0) is 17.6 Å². The Bertz CT molecular complexity index is 1430. The van der Waals surface area contributed by atoms with Gasteiger partial charge in [0, 0.05) is 11.6 Å². The number of hydrazone groups is 2. The van der Waals surface area contributed by atoms with Crippen LogP contribution in [0.25, 0.3) is 11.1 Å². The van der Waals surface area contributed by atoms with E-state index in [1.165, 1.54) is 34.3 Å². The summed E-state index contributed by atoms with van der Waals surface area (Å²) in [5.41, 5.74) is 6.36. The van der Waals surface area contributed by atoms with Crippen LogP contribution in [0.15, 0.2) is 64.8 Å². The van der Waals surface area contributed by atoms with E-state index in [4.69, 9.17) is 0 Å². The number of benzene rings is 3. The van der Waals surface area contributed by atoms with Crippen molar-refractivity contribution < 1.29 is 24.2 Å². The molecule has 0 atom stereocenters. The SMILES string of the molecule is CC1=NN(c2ccc3c(c2)CC3)C(=O)/C1=N\Nc1cc(F)cc(-c2cccc(C(=O)O)c2)c1O. The molecule has 5 rings (SSSR count). The summed E-state index contributed by atoms with van der Waals surface area (Å²) >= 11 is 0. The summed E-state index contributed by atoms with van der Waals surface area (Å²) in [6.07, 6.45) is 2.00. The fourth-order valence-corrected chi connectivity index (χ4v) is 3.96. The maximum Gasteiger partial charge on any atom is 0.335 e. The van der Waals surface area contributed by atoms with Gasteiger partial charge in [-0.2, -0.15) is 15.2 Å². The third kappa shape index (κ3) is 3.66. The summed E-state index contributed by atoms with van der Waals surface area (Å²) in [4.78, 5) is 24.2. The average molecular weight is 458 g/mol. The van der Waals surface area contributed by atoms with Gasteiger partial charge in [0.25, 0.3) is 0 Å². The van der Waals surface area contributed by atoms with Crippen molar-refractivity contribution in [3.63, 3.8) is 0 Å². The third-order valence-corrected chi connectivity index (χ3v) is 5.87. The minimum atomic E-state index is -1.14. The molecule has 1 amide bonds. The van der Waals surface area contributed by atoms with Gasteiger partial charge in [-0.05, 0) is 66.8 Å². The molecule has 0 aromatic heterocycles. The second-order valence-electron chi connectivity index (χ2n) is 8.06. The van der Waals surface area contributed by atoms with E-state index >= 15 is 0 Å². The zero-order chi connectivity index (χ0) is 24.0. The Morgan fingerprint density at radius 2 is 1.91 bits per heavy atom. The fraction of sp³-hybridized carbons (Fsp3) is 0.120. The lowest BCUT2D eigenvalue weighted by atomic mass is 9.88. The Morgan fingerprint density at radius 1 is 1.12 bits per heavy atom. The fourth-order valence-electron chi connectivity index (χ4n) is 3.96. The van der Waals surface area contributed by atoms with Crippen LogP contribution >= 0.6 is 0 Å². The first-order valence-corrected chi connectivity index (χ1v) is 10.5. The molecule has 1 aliphatic heterocycles. The summed E-state index contributed by atoms with van der Waals surface area (Å²) in [5, 5.41) is 29.6. The molecular weight excluding hydrogens is 439 g/mol. The largest absolute Gasteiger partial charge is 0.505 e. The molecule has 1 heterocycles. The first-order valence-electron chi connectivity index (χ1n) is 10.5. The topological polar surface area (TPSA) is 115 Å². The number of carboxylic acid groups (broad SMARTS) is 1.